The molecule has 1 N–H and O–H groups in total. The van der Waals surface area contributed by atoms with Crippen LogP contribution in [0.3, 0.4) is 0 Å². The molecule has 0 unspecified atom stereocenters. The van der Waals surface area contributed by atoms with Gasteiger partial charge in [-0.25, -0.2) is 0 Å². The molecule has 0 spiro atoms. The third-order valence-corrected chi connectivity index (χ3v) is 5.13. The Balaban J connectivity index is 2.16. The molecule has 1 heteroatoms. The van der Waals surface area contributed by atoms with Gasteiger partial charge in [0, 0.05) is 5.56 Å². The number of hydrogen-bond donors (Lipinski definition) is 1. The average molecular weight is 364 g/mol. The molecule has 0 aromatic heterocycles. The summed E-state index contributed by atoms with van der Waals surface area (Å²) in [6, 6.07) is 33.1. The number of benzene rings is 4. The van der Waals surface area contributed by atoms with Crippen molar-refractivity contribution in [3.63, 3.8) is 0 Å². The summed E-state index contributed by atoms with van der Waals surface area (Å²) in [7, 11) is 0. The van der Waals surface area contributed by atoms with E-state index in [-0.39, 0.29) is 5.92 Å². The minimum absolute atomic E-state index is 0.197. The van der Waals surface area contributed by atoms with Gasteiger partial charge in [0.1, 0.15) is 5.75 Å². The van der Waals surface area contributed by atoms with Crippen LogP contribution in [0.15, 0.2) is 97.1 Å². The lowest BCUT2D eigenvalue weighted by molar-refractivity contribution is 0.465. The Morgan fingerprint density at radius 2 is 1.00 bits per heavy atom. The maximum atomic E-state index is 11.0. The van der Waals surface area contributed by atoms with Crippen molar-refractivity contribution in [3.05, 3.63) is 103 Å². The predicted octanol–water partition coefficient (Wildman–Crippen LogP) is 7.52. The minimum atomic E-state index is 0.197. The van der Waals surface area contributed by atoms with Gasteiger partial charge in [-0.1, -0.05) is 105 Å². The molecule has 0 radical (unpaired) electrons. The van der Waals surface area contributed by atoms with Crippen LogP contribution in [-0.4, -0.2) is 5.11 Å². The zero-order chi connectivity index (χ0) is 19.5. The molecule has 0 aliphatic carbocycles. The molecule has 1 nitrogen and oxygen atoms in total. The summed E-state index contributed by atoms with van der Waals surface area (Å²) in [5.74, 6) is 0.551. The third kappa shape index (κ3) is 3.32. The predicted molar refractivity (Wildman–Crippen MR) is 119 cm³/mol. The van der Waals surface area contributed by atoms with Gasteiger partial charge < -0.3 is 5.11 Å². The molecule has 0 saturated heterocycles. The molecule has 4 rings (SSSR count). The molecule has 0 aliphatic rings. The van der Waals surface area contributed by atoms with E-state index in [0.29, 0.717) is 5.75 Å². The standard InChI is InChI=1S/C27H24O/c1-19(2)25-24(28)18-23(20-12-6-3-7-13-20)26(21-14-8-4-9-15-21)27(25)22-16-10-5-11-17-22/h3-19,28H,1-2H3. The molecule has 0 amide bonds. The van der Waals surface area contributed by atoms with Crippen LogP contribution in [0.5, 0.6) is 5.75 Å². The molecule has 0 fully saturated rings. The van der Waals surface area contributed by atoms with E-state index >= 15 is 0 Å². The van der Waals surface area contributed by atoms with Crippen LogP contribution >= 0.6 is 0 Å². The van der Waals surface area contributed by atoms with Crippen molar-refractivity contribution in [2.24, 2.45) is 0 Å². The summed E-state index contributed by atoms with van der Waals surface area (Å²) in [5, 5.41) is 11.0. The molecule has 4 aromatic carbocycles. The topological polar surface area (TPSA) is 20.2 Å². The Morgan fingerprint density at radius 3 is 1.46 bits per heavy atom. The number of rotatable bonds is 4. The molecule has 0 heterocycles. The highest BCUT2D eigenvalue weighted by atomic mass is 16.3. The Labute approximate surface area is 166 Å². The Kier molecular flexibility index (Phi) is 4.99. The lowest BCUT2D eigenvalue weighted by atomic mass is 9.81. The second-order valence-corrected chi connectivity index (χ2v) is 7.36. The highest BCUT2D eigenvalue weighted by Crippen LogP contribution is 2.47. The van der Waals surface area contributed by atoms with Crippen molar-refractivity contribution in [1.82, 2.24) is 0 Å². The molecule has 0 bridgehead atoms. The van der Waals surface area contributed by atoms with Gasteiger partial charge in [-0.3, -0.25) is 0 Å². The van der Waals surface area contributed by atoms with Crippen LogP contribution < -0.4 is 0 Å². The van der Waals surface area contributed by atoms with E-state index in [2.05, 4.69) is 74.5 Å². The molecule has 28 heavy (non-hydrogen) atoms. The molecule has 0 atom stereocenters. The van der Waals surface area contributed by atoms with Gasteiger partial charge in [0.15, 0.2) is 0 Å². The Hall–Kier alpha value is -3.32. The normalized spacial score (nSPS) is 11.0. The van der Waals surface area contributed by atoms with Crippen molar-refractivity contribution in [2.75, 3.05) is 0 Å². The van der Waals surface area contributed by atoms with Crippen molar-refractivity contribution in [2.45, 2.75) is 19.8 Å². The summed E-state index contributed by atoms with van der Waals surface area (Å²) in [5.41, 5.74) is 7.70. The number of hydrogen-bond acceptors (Lipinski definition) is 1. The van der Waals surface area contributed by atoms with Crippen molar-refractivity contribution < 1.29 is 5.11 Å². The van der Waals surface area contributed by atoms with Crippen molar-refractivity contribution >= 4 is 0 Å². The van der Waals surface area contributed by atoms with Crippen LogP contribution in [-0.2, 0) is 0 Å². The fraction of sp³-hybridized carbons (Fsp3) is 0.111. The molecule has 4 aromatic rings. The van der Waals surface area contributed by atoms with E-state index in [1.165, 1.54) is 5.56 Å². The van der Waals surface area contributed by atoms with Gasteiger partial charge in [0.25, 0.3) is 0 Å². The Morgan fingerprint density at radius 1 is 0.571 bits per heavy atom. The fourth-order valence-electron chi connectivity index (χ4n) is 3.92. The second-order valence-electron chi connectivity index (χ2n) is 7.36. The highest BCUT2D eigenvalue weighted by molar-refractivity contribution is 5.97. The molecular formula is C27H24O. The van der Waals surface area contributed by atoms with Gasteiger partial charge in [-0.2, -0.15) is 0 Å². The van der Waals surface area contributed by atoms with Gasteiger partial charge in [-0.15, -0.1) is 0 Å². The summed E-state index contributed by atoms with van der Waals surface area (Å²) < 4.78 is 0. The Bertz CT molecular complexity index is 1070. The summed E-state index contributed by atoms with van der Waals surface area (Å²) in [6.07, 6.45) is 0. The van der Waals surface area contributed by atoms with Gasteiger partial charge in [-0.05, 0) is 45.4 Å². The molecule has 0 saturated carbocycles. The van der Waals surface area contributed by atoms with E-state index in [0.717, 1.165) is 33.4 Å². The van der Waals surface area contributed by atoms with Gasteiger partial charge >= 0.3 is 0 Å². The first-order chi connectivity index (χ1) is 13.7. The minimum Gasteiger partial charge on any atom is -0.508 e. The number of phenolic OH excluding ortho intramolecular Hbond substituents is 1. The summed E-state index contributed by atoms with van der Waals surface area (Å²) in [6.45, 7) is 4.27. The van der Waals surface area contributed by atoms with Gasteiger partial charge in [0.2, 0.25) is 0 Å². The highest BCUT2D eigenvalue weighted by Gasteiger charge is 2.22. The first-order valence-electron chi connectivity index (χ1n) is 9.73. The SMILES string of the molecule is CC(C)c1c(O)cc(-c2ccccc2)c(-c2ccccc2)c1-c1ccccc1. The second kappa shape index (κ2) is 7.74. The fourth-order valence-corrected chi connectivity index (χ4v) is 3.92. The third-order valence-electron chi connectivity index (χ3n) is 5.13. The maximum absolute atomic E-state index is 11.0. The lowest BCUT2D eigenvalue weighted by Gasteiger charge is -2.23. The quantitative estimate of drug-likeness (QED) is 0.397. The monoisotopic (exact) mass is 364 g/mol. The first kappa shape index (κ1) is 18.1. The zero-order valence-corrected chi connectivity index (χ0v) is 16.3. The van der Waals surface area contributed by atoms with Crippen LogP contribution in [0.25, 0.3) is 33.4 Å². The zero-order valence-electron chi connectivity index (χ0n) is 16.3. The van der Waals surface area contributed by atoms with Crippen LogP contribution in [0.4, 0.5) is 0 Å². The average Bonchev–Trinajstić information content (AvgIpc) is 2.74. The number of phenols is 1. The number of aromatic hydroxyl groups is 1. The van der Waals surface area contributed by atoms with E-state index in [1.54, 1.807) is 0 Å². The van der Waals surface area contributed by atoms with E-state index in [1.807, 2.05) is 36.4 Å². The van der Waals surface area contributed by atoms with Crippen LogP contribution in [0.1, 0.15) is 25.3 Å². The maximum Gasteiger partial charge on any atom is 0.120 e. The van der Waals surface area contributed by atoms with Gasteiger partial charge in [0.05, 0.1) is 0 Å². The molecule has 138 valence electrons. The molecular weight excluding hydrogens is 340 g/mol. The van der Waals surface area contributed by atoms with Crippen molar-refractivity contribution in [1.29, 1.82) is 0 Å². The largest absolute Gasteiger partial charge is 0.508 e. The van der Waals surface area contributed by atoms with Crippen LogP contribution in [0.2, 0.25) is 0 Å². The summed E-state index contributed by atoms with van der Waals surface area (Å²) >= 11 is 0. The van der Waals surface area contributed by atoms with Crippen molar-refractivity contribution in [3.8, 4) is 39.1 Å². The van der Waals surface area contributed by atoms with E-state index < -0.39 is 0 Å². The first-order valence-corrected chi connectivity index (χ1v) is 9.73. The summed E-state index contributed by atoms with van der Waals surface area (Å²) in [4.78, 5) is 0. The molecule has 0 aliphatic heterocycles. The lowest BCUT2D eigenvalue weighted by Crippen LogP contribution is -1.99. The smallest absolute Gasteiger partial charge is 0.120 e. The van der Waals surface area contributed by atoms with Crippen LogP contribution in [0, 0.1) is 0 Å². The van der Waals surface area contributed by atoms with E-state index in [9.17, 15) is 5.11 Å². The van der Waals surface area contributed by atoms with E-state index in [4.69, 9.17) is 0 Å².